The zero-order chi connectivity index (χ0) is 10.3. The van der Waals surface area contributed by atoms with Gasteiger partial charge in [0.1, 0.15) is 0 Å². The number of aliphatic imine (C=N–C) groups is 2. The highest BCUT2D eigenvalue weighted by molar-refractivity contribution is 5.92. The molecule has 0 aliphatic carbocycles. The molecule has 0 saturated carbocycles. The van der Waals surface area contributed by atoms with Crippen LogP contribution in [0.3, 0.4) is 0 Å². The Balaban J connectivity index is 4.71. The van der Waals surface area contributed by atoms with Gasteiger partial charge >= 0.3 is 0 Å². The van der Waals surface area contributed by atoms with Crippen LogP contribution in [-0.4, -0.2) is 11.9 Å². The maximum Gasteiger partial charge on any atom is 0.223 e. The standard InChI is InChI=1S/C8H13N5/c1-3-5-6(4-2)12-8(11)13-7(9)10/h3-5H,1-2H2,(H6,9,10,11,12,13)/b6-5+. The Bertz CT molecular complexity index is 281. The number of guanidine groups is 2. The fraction of sp³-hybridized carbons (Fsp3) is 0. The Hall–Kier alpha value is -2.04. The van der Waals surface area contributed by atoms with Crippen molar-refractivity contribution in [3.05, 3.63) is 37.1 Å². The molecule has 0 aromatic heterocycles. The normalized spacial score (nSPS) is 12.0. The molecule has 0 aliphatic rings. The van der Waals surface area contributed by atoms with Crippen LogP contribution in [0.1, 0.15) is 0 Å². The molecule has 0 heterocycles. The Morgan fingerprint density at radius 1 is 1.08 bits per heavy atom. The van der Waals surface area contributed by atoms with E-state index in [0.717, 1.165) is 0 Å². The van der Waals surface area contributed by atoms with E-state index < -0.39 is 0 Å². The fourth-order valence-electron chi connectivity index (χ4n) is 0.561. The quantitative estimate of drug-likeness (QED) is 0.318. The van der Waals surface area contributed by atoms with Crippen LogP contribution in [0, 0.1) is 0 Å². The molecule has 70 valence electrons. The molecule has 0 atom stereocenters. The van der Waals surface area contributed by atoms with Crippen molar-refractivity contribution in [1.82, 2.24) is 0 Å². The van der Waals surface area contributed by atoms with Crippen LogP contribution >= 0.6 is 0 Å². The summed E-state index contributed by atoms with van der Waals surface area (Å²) in [7, 11) is 0. The lowest BCUT2D eigenvalue weighted by Gasteiger charge is -1.94. The minimum atomic E-state index is -0.136. The minimum absolute atomic E-state index is 0.0204. The predicted molar refractivity (Wildman–Crippen MR) is 55.9 cm³/mol. The van der Waals surface area contributed by atoms with Gasteiger partial charge in [-0.25, -0.2) is 4.99 Å². The molecule has 0 fully saturated rings. The predicted octanol–water partition coefficient (Wildman–Crippen LogP) is -0.170. The third kappa shape index (κ3) is 5.25. The van der Waals surface area contributed by atoms with E-state index in [1.807, 2.05) is 0 Å². The number of hydrogen-bond acceptors (Lipinski definition) is 1. The van der Waals surface area contributed by atoms with Crippen molar-refractivity contribution in [3.8, 4) is 0 Å². The number of hydrogen-bond donors (Lipinski definition) is 3. The van der Waals surface area contributed by atoms with Crippen LogP contribution in [-0.2, 0) is 0 Å². The minimum Gasteiger partial charge on any atom is -0.370 e. The summed E-state index contributed by atoms with van der Waals surface area (Å²) < 4.78 is 0. The Labute approximate surface area is 77.0 Å². The first-order valence-corrected chi connectivity index (χ1v) is 3.49. The molecule has 0 rings (SSSR count). The molecular formula is C8H13N5. The van der Waals surface area contributed by atoms with E-state index in [0.29, 0.717) is 5.70 Å². The van der Waals surface area contributed by atoms with Crippen molar-refractivity contribution in [3.63, 3.8) is 0 Å². The van der Waals surface area contributed by atoms with Crippen LogP contribution < -0.4 is 17.2 Å². The van der Waals surface area contributed by atoms with Gasteiger partial charge in [-0.15, -0.1) is 0 Å². The topological polar surface area (TPSA) is 103 Å². The van der Waals surface area contributed by atoms with E-state index >= 15 is 0 Å². The SMILES string of the molecule is C=C/C=C(\C=C)N=C(N)N=C(N)N. The molecule has 0 amide bonds. The highest BCUT2D eigenvalue weighted by Crippen LogP contribution is 1.97. The summed E-state index contributed by atoms with van der Waals surface area (Å²) in [6.07, 6.45) is 4.70. The van der Waals surface area contributed by atoms with Gasteiger partial charge in [-0.3, -0.25) is 0 Å². The second kappa shape index (κ2) is 5.59. The Morgan fingerprint density at radius 3 is 2.08 bits per heavy atom. The van der Waals surface area contributed by atoms with Gasteiger partial charge in [-0.2, -0.15) is 4.99 Å². The van der Waals surface area contributed by atoms with E-state index in [9.17, 15) is 0 Å². The van der Waals surface area contributed by atoms with Crippen LogP contribution in [0.5, 0.6) is 0 Å². The first-order valence-electron chi connectivity index (χ1n) is 3.49. The van der Waals surface area contributed by atoms with E-state index in [4.69, 9.17) is 17.2 Å². The molecule has 0 aromatic rings. The number of nitrogens with zero attached hydrogens (tertiary/aromatic N) is 2. The van der Waals surface area contributed by atoms with Gasteiger partial charge in [-0.05, 0) is 12.2 Å². The maximum absolute atomic E-state index is 5.36. The molecule has 0 aromatic carbocycles. The van der Waals surface area contributed by atoms with Crippen molar-refractivity contribution in [2.24, 2.45) is 27.2 Å². The lowest BCUT2D eigenvalue weighted by atomic mass is 10.4. The first kappa shape index (κ1) is 11.0. The molecule has 0 bridgehead atoms. The van der Waals surface area contributed by atoms with Crippen molar-refractivity contribution in [2.45, 2.75) is 0 Å². The molecule has 0 spiro atoms. The summed E-state index contributed by atoms with van der Waals surface area (Å²) in [5.74, 6) is -0.156. The highest BCUT2D eigenvalue weighted by atomic mass is 15.1. The average molecular weight is 179 g/mol. The smallest absolute Gasteiger partial charge is 0.223 e. The third-order valence-electron chi connectivity index (χ3n) is 0.985. The highest BCUT2D eigenvalue weighted by Gasteiger charge is 1.90. The Kier molecular flexibility index (Phi) is 4.71. The van der Waals surface area contributed by atoms with Crippen molar-refractivity contribution in [2.75, 3.05) is 0 Å². The van der Waals surface area contributed by atoms with Gasteiger partial charge < -0.3 is 17.2 Å². The van der Waals surface area contributed by atoms with Crippen LogP contribution in [0.25, 0.3) is 0 Å². The van der Waals surface area contributed by atoms with Crippen LogP contribution in [0.15, 0.2) is 47.1 Å². The van der Waals surface area contributed by atoms with Gasteiger partial charge in [0.2, 0.25) is 5.96 Å². The zero-order valence-electron chi connectivity index (χ0n) is 7.27. The van der Waals surface area contributed by atoms with Crippen molar-refractivity contribution < 1.29 is 0 Å². The summed E-state index contributed by atoms with van der Waals surface area (Å²) in [5.41, 5.74) is 16.1. The van der Waals surface area contributed by atoms with E-state index in [1.54, 1.807) is 12.2 Å². The monoisotopic (exact) mass is 179 g/mol. The lowest BCUT2D eigenvalue weighted by molar-refractivity contribution is 1.33. The second-order valence-corrected chi connectivity index (χ2v) is 2.04. The van der Waals surface area contributed by atoms with Crippen molar-refractivity contribution >= 4 is 11.9 Å². The lowest BCUT2D eigenvalue weighted by Crippen LogP contribution is -2.26. The van der Waals surface area contributed by atoms with E-state index in [1.165, 1.54) is 6.08 Å². The summed E-state index contributed by atoms with van der Waals surface area (Å²) in [5, 5.41) is 0. The molecule has 6 N–H and O–H groups in total. The molecule has 5 nitrogen and oxygen atoms in total. The van der Waals surface area contributed by atoms with Gasteiger partial charge in [0, 0.05) is 0 Å². The molecule has 0 radical (unpaired) electrons. The van der Waals surface area contributed by atoms with Crippen LogP contribution in [0.4, 0.5) is 0 Å². The zero-order valence-corrected chi connectivity index (χ0v) is 7.27. The molecule has 5 heteroatoms. The van der Waals surface area contributed by atoms with Crippen LogP contribution in [0.2, 0.25) is 0 Å². The molecule has 0 saturated heterocycles. The first-order chi connectivity index (χ1) is 6.10. The maximum atomic E-state index is 5.36. The summed E-state index contributed by atoms with van der Waals surface area (Å²) >= 11 is 0. The number of allylic oxidation sites excluding steroid dienone is 3. The largest absolute Gasteiger partial charge is 0.370 e. The van der Waals surface area contributed by atoms with Gasteiger partial charge in [0.05, 0.1) is 5.70 Å². The summed E-state index contributed by atoms with van der Waals surface area (Å²) in [6.45, 7) is 7.02. The van der Waals surface area contributed by atoms with Gasteiger partial charge in [0.25, 0.3) is 0 Å². The fourth-order valence-corrected chi connectivity index (χ4v) is 0.561. The van der Waals surface area contributed by atoms with Gasteiger partial charge in [0.15, 0.2) is 5.96 Å². The molecule has 13 heavy (non-hydrogen) atoms. The molecule has 0 unspecified atom stereocenters. The Morgan fingerprint density at radius 2 is 1.69 bits per heavy atom. The van der Waals surface area contributed by atoms with Gasteiger partial charge in [-0.1, -0.05) is 19.2 Å². The van der Waals surface area contributed by atoms with Crippen molar-refractivity contribution in [1.29, 1.82) is 0 Å². The number of nitrogens with two attached hydrogens (primary N) is 3. The summed E-state index contributed by atoms with van der Waals surface area (Å²) in [4.78, 5) is 7.37. The third-order valence-corrected chi connectivity index (χ3v) is 0.985. The summed E-state index contributed by atoms with van der Waals surface area (Å²) in [6, 6.07) is 0. The van der Waals surface area contributed by atoms with E-state index in [-0.39, 0.29) is 11.9 Å². The molecule has 0 aliphatic heterocycles. The molecular weight excluding hydrogens is 166 g/mol. The van der Waals surface area contributed by atoms with E-state index in [2.05, 4.69) is 23.1 Å². The average Bonchev–Trinajstić information content (AvgIpc) is 2.02. The number of rotatable bonds is 3. The second-order valence-electron chi connectivity index (χ2n) is 2.04.